The second-order valence-corrected chi connectivity index (χ2v) is 21.9. The summed E-state index contributed by atoms with van der Waals surface area (Å²) in [4.78, 5) is 72.5. The summed E-state index contributed by atoms with van der Waals surface area (Å²) in [5, 5.41) is 8.00. The van der Waals surface area contributed by atoms with Crippen molar-refractivity contribution in [3.05, 3.63) is 65.6 Å². The minimum absolute atomic E-state index is 0.0312. The molecule has 16 nitrogen and oxygen atoms in total. The zero-order valence-corrected chi connectivity index (χ0v) is 43.3. The van der Waals surface area contributed by atoms with Crippen molar-refractivity contribution >= 4 is 46.2 Å². The van der Waals surface area contributed by atoms with E-state index < -0.39 is 24.3 Å². The number of nitrogens with zero attached hydrogens (tertiary/aromatic N) is 4. The first kappa shape index (κ1) is 49.6. The van der Waals surface area contributed by atoms with E-state index in [-0.39, 0.29) is 84.1 Å². The number of likely N-dealkylation sites (tertiary alicyclic amines) is 2. The van der Waals surface area contributed by atoms with Crippen molar-refractivity contribution in [1.82, 2.24) is 30.4 Å². The molecular weight excluding hydrogens is 915 g/mol. The maximum Gasteiger partial charge on any atom is 0.407 e. The van der Waals surface area contributed by atoms with Crippen molar-refractivity contribution in [3.8, 4) is 28.1 Å². The normalized spacial score (nSPS) is 30.6. The number of hydrogen-bond acceptors (Lipinski definition) is 11. The van der Waals surface area contributed by atoms with E-state index in [0.29, 0.717) is 44.5 Å². The van der Waals surface area contributed by atoms with Crippen molar-refractivity contribution in [2.75, 3.05) is 14.2 Å². The molecule has 16 heteroatoms. The summed E-state index contributed by atoms with van der Waals surface area (Å²) < 4.78 is 28.6. The van der Waals surface area contributed by atoms with E-state index in [1.807, 2.05) is 43.7 Å². The molecule has 0 bridgehead atoms. The predicted octanol–water partition coefficient (Wildman–Crippen LogP) is 9.20. The second kappa shape index (κ2) is 19.8. The SMILES string of the molecule is COC(=O)N[C@H](C(=O)N1[C@H](C2=Nc3ccc4cc5c(cc4c3C2)OCc2cc(-c3cnc([C@@H]4C[C@H](C)[C@H](C)N4C(=O)[C@@H](NC(=O)OC)C4C[C@@H](C)O[C@H](C)C4)[nH]3)ccc2-5)C[C@H](C)[C@@H]1C)C1C[C@@H](C)O[C@H](C)C1. The fraction of sp³-hybridized carbons (Fsp3) is 0.571. The minimum Gasteiger partial charge on any atom is -0.488 e. The van der Waals surface area contributed by atoms with Crippen LogP contribution in [0.25, 0.3) is 33.2 Å². The third-order valence-corrected chi connectivity index (χ3v) is 17.0. The van der Waals surface area contributed by atoms with Crippen LogP contribution >= 0.6 is 0 Å². The molecule has 7 heterocycles. The quantitative estimate of drug-likeness (QED) is 0.146. The van der Waals surface area contributed by atoms with Crippen molar-refractivity contribution < 1.29 is 42.9 Å². The average Bonchev–Trinajstić information content (AvgIpc) is 4.15. The van der Waals surface area contributed by atoms with Crippen LogP contribution in [0.3, 0.4) is 0 Å². The third kappa shape index (κ3) is 9.22. The first-order valence-electron chi connectivity index (χ1n) is 26.1. The molecule has 1 aromatic heterocycles. The van der Waals surface area contributed by atoms with E-state index >= 15 is 0 Å². The van der Waals surface area contributed by atoms with Crippen LogP contribution in [0.15, 0.2) is 53.7 Å². The molecule has 6 aliphatic rings. The van der Waals surface area contributed by atoms with Crippen LogP contribution in [0.1, 0.15) is 117 Å². The lowest BCUT2D eigenvalue weighted by Crippen LogP contribution is -2.57. The molecule has 0 aliphatic carbocycles. The molecule has 10 rings (SSSR count). The molecule has 3 aromatic carbocycles. The molecular formula is C56H71N7O9. The molecule has 4 amide bonds. The van der Waals surface area contributed by atoms with Gasteiger partial charge in [0.25, 0.3) is 0 Å². The van der Waals surface area contributed by atoms with Crippen LogP contribution in [0.4, 0.5) is 15.3 Å². The zero-order chi connectivity index (χ0) is 50.9. The second-order valence-electron chi connectivity index (χ2n) is 21.9. The number of aliphatic imine (C=N–C) groups is 1. The van der Waals surface area contributed by atoms with Gasteiger partial charge in [-0.15, -0.1) is 0 Å². The maximum absolute atomic E-state index is 14.8. The number of H-pyrrole nitrogens is 1. The standard InChI is InChI=1S/C56H71N7O9/c1-27-15-47(62(33(27)7)53(64)50(60-55(66)68-9)37-17-29(3)71-30(4)18-37)45-23-42-41-24-49-43(22-35(41)12-14-44(42)58-45)40-13-11-36(21-39(40)26-70-49)46-25-57-52(59-46)48-16-28(2)34(8)63(48)54(65)51(61-56(67)69-10)38-19-31(5)72-32(6)20-38/h11-14,21-22,24-25,27-34,37-38,47-48,50-51H,15-20,23,26H2,1-10H3,(H,57,59)(H,60,66)(H,61,67)/t27-,28-,29+,30+,31+,32+,33-,34-,47-,48-,50-,51-/m0/s1. The number of carbonyl (C=O) groups is 4. The number of methoxy groups -OCH3 is 2. The Morgan fingerprint density at radius 2 is 1.26 bits per heavy atom. The lowest BCUT2D eigenvalue weighted by Gasteiger charge is -2.39. The van der Waals surface area contributed by atoms with Crippen LogP contribution < -0.4 is 15.4 Å². The van der Waals surface area contributed by atoms with Gasteiger partial charge in [-0.2, -0.15) is 0 Å². The number of benzene rings is 3. The number of aromatic amines is 1. The number of fused-ring (bicyclic) bond motifs is 6. The number of amides is 4. The van der Waals surface area contributed by atoms with Crippen molar-refractivity contribution in [2.24, 2.45) is 28.7 Å². The molecule has 0 saturated carbocycles. The molecule has 6 aliphatic heterocycles. The molecule has 0 radical (unpaired) electrons. The summed E-state index contributed by atoms with van der Waals surface area (Å²) in [5.74, 6) is 1.53. The van der Waals surface area contributed by atoms with Gasteiger partial charge in [0.2, 0.25) is 11.8 Å². The molecule has 12 atom stereocenters. The molecule has 0 spiro atoms. The van der Waals surface area contributed by atoms with Crippen LogP contribution in [0, 0.1) is 23.7 Å². The number of ether oxygens (including phenoxy) is 5. The van der Waals surface area contributed by atoms with Gasteiger partial charge in [0, 0.05) is 29.8 Å². The van der Waals surface area contributed by atoms with Gasteiger partial charge in [-0.05, 0) is 161 Å². The summed E-state index contributed by atoms with van der Waals surface area (Å²) in [6, 6.07) is 12.8. The van der Waals surface area contributed by atoms with Gasteiger partial charge in [0.15, 0.2) is 0 Å². The molecule has 72 heavy (non-hydrogen) atoms. The Bertz CT molecular complexity index is 2770. The maximum atomic E-state index is 14.8. The van der Waals surface area contributed by atoms with Gasteiger partial charge in [-0.25, -0.2) is 14.6 Å². The van der Waals surface area contributed by atoms with E-state index in [2.05, 4.69) is 85.8 Å². The Hall–Kier alpha value is -6.00. The van der Waals surface area contributed by atoms with Gasteiger partial charge in [0.1, 0.15) is 30.3 Å². The third-order valence-electron chi connectivity index (χ3n) is 17.0. The molecule has 3 N–H and O–H groups in total. The Labute approximate surface area is 422 Å². The topological polar surface area (TPSA) is 186 Å². The Morgan fingerprint density at radius 1 is 0.694 bits per heavy atom. The number of aromatic nitrogens is 2. The van der Waals surface area contributed by atoms with Crippen molar-refractivity contribution in [2.45, 2.75) is 168 Å². The minimum atomic E-state index is -0.760. The fourth-order valence-corrected chi connectivity index (χ4v) is 13.1. The van der Waals surface area contributed by atoms with E-state index in [1.54, 1.807) is 0 Å². The van der Waals surface area contributed by atoms with Crippen LogP contribution in [-0.4, -0.2) is 118 Å². The summed E-state index contributed by atoms with van der Waals surface area (Å²) in [6.45, 7) is 17.0. The van der Waals surface area contributed by atoms with Gasteiger partial charge >= 0.3 is 12.2 Å². The number of imidazole rings is 1. The van der Waals surface area contributed by atoms with E-state index in [9.17, 15) is 19.2 Å². The van der Waals surface area contributed by atoms with Gasteiger partial charge < -0.3 is 49.1 Å². The molecule has 4 saturated heterocycles. The molecule has 0 unspecified atom stereocenters. The predicted molar refractivity (Wildman–Crippen MR) is 273 cm³/mol. The lowest BCUT2D eigenvalue weighted by atomic mass is 9.85. The summed E-state index contributed by atoms with van der Waals surface area (Å²) in [6.07, 6.45) is 5.21. The fourth-order valence-electron chi connectivity index (χ4n) is 13.1. The summed E-state index contributed by atoms with van der Waals surface area (Å²) in [5.41, 5.74) is 7.96. The largest absolute Gasteiger partial charge is 0.488 e. The average molecular weight is 986 g/mol. The van der Waals surface area contributed by atoms with Gasteiger partial charge in [0.05, 0.1) is 68.3 Å². The highest BCUT2D eigenvalue weighted by Crippen LogP contribution is 2.47. The number of rotatable bonds is 9. The molecule has 384 valence electrons. The van der Waals surface area contributed by atoms with E-state index in [1.165, 1.54) is 14.2 Å². The summed E-state index contributed by atoms with van der Waals surface area (Å²) >= 11 is 0. The first-order chi connectivity index (χ1) is 34.5. The summed E-state index contributed by atoms with van der Waals surface area (Å²) in [7, 11) is 2.65. The Kier molecular flexibility index (Phi) is 13.6. The number of carbonyl (C=O) groups excluding carboxylic acids is 4. The highest BCUT2D eigenvalue weighted by atomic mass is 16.5. The van der Waals surface area contributed by atoms with Gasteiger partial charge in [-0.1, -0.05) is 32.0 Å². The number of nitrogens with one attached hydrogen (secondary N) is 3. The number of hydrogen-bond donors (Lipinski definition) is 3. The Morgan fingerprint density at radius 3 is 1.85 bits per heavy atom. The first-order valence-corrected chi connectivity index (χ1v) is 26.1. The Balaban J connectivity index is 0.878. The van der Waals surface area contributed by atoms with Crippen molar-refractivity contribution in [1.29, 1.82) is 0 Å². The van der Waals surface area contributed by atoms with Crippen LogP contribution in [0.5, 0.6) is 5.75 Å². The molecule has 4 fully saturated rings. The van der Waals surface area contributed by atoms with Crippen LogP contribution in [-0.2, 0) is 41.6 Å². The highest BCUT2D eigenvalue weighted by molar-refractivity contribution is 6.07. The van der Waals surface area contributed by atoms with E-state index in [0.717, 1.165) is 74.3 Å². The zero-order valence-electron chi connectivity index (χ0n) is 43.3. The van der Waals surface area contributed by atoms with E-state index in [4.69, 9.17) is 33.7 Å². The van der Waals surface area contributed by atoms with Gasteiger partial charge in [-0.3, -0.25) is 14.6 Å². The lowest BCUT2D eigenvalue weighted by molar-refractivity contribution is -0.141. The highest BCUT2D eigenvalue weighted by Gasteiger charge is 2.49. The monoisotopic (exact) mass is 986 g/mol. The van der Waals surface area contributed by atoms with Crippen LogP contribution in [0.2, 0.25) is 0 Å². The number of alkyl carbamates (subject to hydrolysis) is 2. The molecule has 4 aromatic rings. The van der Waals surface area contributed by atoms with Crippen molar-refractivity contribution in [3.63, 3.8) is 0 Å². The smallest absolute Gasteiger partial charge is 0.407 e.